The second-order valence-electron chi connectivity index (χ2n) is 7.02. The van der Waals surface area contributed by atoms with Crippen molar-refractivity contribution in [3.63, 3.8) is 0 Å². The molecule has 1 aliphatic carbocycles. The molecule has 1 saturated carbocycles. The minimum Gasteiger partial charge on any atom is -0.497 e. The zero-order valence-electron chi connectivity index (χ0n) is 16.2. The summed E-state index contributed by atoms with van der Waals surface area (Å²) in [5, 5.41) is 12.4. The van der Waals surface area contributed by atoms with Crippen LogP contribution in [0.3, 0.4) is 0 Å². The molecule has 0 atom stereocenters. The zero-order chi connectivity index (χ0) is 19.7. The lowest BCUT2D eigenvalue weighted by Crippen LogP contribution is -2.32. The van der Waals surface area contributed by atoms with Crippen molar-refractivity contribution in [2.24, 2.45) is 0 Å². The number of carbonyl (C=O) groups is 1. The quantitative estimate of drug-likeness (QED) is 0.710. The molecule has 2 aromatic heterocycles. The highest BCUT2D eigenvalue weighted by Crippen LogP contribution is 2.30. The molecule has 4 rings (SSSR count). The van der Waals surface area contributed by atoms with Gasteiger partial charge in [0.1, 0.15) is 21.3 Å². The number of amides is 1. The number of hydrogen-bond acceptors (Lipinski definition) is 6. The van der Waals surface area contributed by atoms with Crippen molar-refractivity contribution < 1.29 is 9.53 Å². The number of ether oxygens (including phenoxy) is 1. The van der Waals surface area contributed by atoms with Crippen LogP contribution in [0.4, 0.5) is 0 Å². The van der Waals surface area contributed by atoms with Crippen LogP contribution in [-0.4, -0.2) is 39.0 Å². The third-order valence-corrected chi connectivity index (χ3v) is 6.27. The molecule has 0 bridgehead atoms. The van der Waals surface area contributed by atoms with Crippen LogP contribution in [0.5, 0.6) is 5.75 Å². The van der Waals surface area contributed by atoms with Crippen LogP contribution < -0.4 is 10.1 Å². The number of aryl methyl sites for hydroxylation is 1. The fraction of sp³-hybridized carbons (Fsp3) is 0.400. The highest BCUT2D eigenvalue weighted by molar-refractivity contribution is 7.17. The number of rotatable bonds is 5. The van der Waals surface area contributed by atoms with Gasteiger partial charge < -0.3 is 10.1 Å². The first kappa shape index (κ1) is 18.6. The van der Waals surface area contributed by atoms with Crippen LogP contribution in [-0.2, 0) is 0 Å². The topological polar surface area (TPSA) is 81.9 Å². The Morgan fingerprint density at radius 1 is 1.21 bits per heavy atom. The second-order valence-corrected chi connectivity index (χ2v) is 8.02. The lowest BCUT2D eigenvalue weighted by molar-refractivity contribution is 0.0941. The molecular weight excluding hydrogens is 374 g/mol. The van der Waals surface area contributed by atoms with E-state index in [9.17, 15) is 4.79 Å². The van der Waals surface area contributed by atoms with Gasteiger partial charge in [-0.3, -0.25) is 4.79 Å². The van der Waals surface area contributed by atoms with E-state index in [2.05, 4.69) is 20.6 Å². The molecule has 1 N–H and O–H groups in total. The van der Waals surface area contributed by atoms with E-state index in [1.165, 1.54) is 24.2 Å². The molecule has 8 heteroatoms. The fourth-order valence-corrected chi connectivity index (χ4v) is 4.53. The Kier molecular flexibility index (Phi) is 5.13. The van der Waals surface area contributed by atoms with Crippen LogP contribution in [0, 0.1) is 13.8 Å². The SMILES string of the molecule is COc1ccc(-n2nnc(-c3nc(C)c(C(=O)NC4CCCC4)s3)c2C)cc1. The summed E-state index contributed by atoms with van der Waals surface area (Å²) in [7, 11) is 1.64. The van der Waals surface area contributed by atoms with E-state index in [0.29, 0.717) is 15.6 Å². The molecule has 146 valence electrons. The van der Waals surface area contributed by atoms with E-state index in [1.54, 1.807) is 11.8 Å². The maximum Gasteiger partial charge on any atom is 0.263 e. The molecule has 1 amide bonds. The Labute approximate surface area is 167 Å². The van der Waals surface area contributed by atoms with Gasteiger partial charge in [-0.25, -0.2) is 9.67 Å². The molecule has 7 nitrogen and oxygen atoms in total. The number of aromatic nitrogens is 4. The fourth-order valence-electron chi connectivity index (χ4n) is 3.52. The van der Waals surface area contributed by atoms with Gasteiger partial charge in [-0.05, 0) is 51.0 Å². The van der Waals surface area contributed by atoms with Gasteiger partial charge in [0.05, 0.1) is 24.2 Å². The van der Waals surface area contributed by atoms with Crippen LogP contribution in [0.15, 0.2) is 24.3 Å². The number of methoxy groups -OCH3 is 1. The molecule has 28 heavy (non-hydrogen) atoms. The number of nitrogens with zero attached hydrogens (tertiary/aromatic N) is 4. The Balaban J connectivity index is 1.59. The highest BCUT2D eigenvalue weighted by atomic mass is 32.1. The third-order valence-electron chi connectivity index (χ3n) is 5.11. The number of benzene rings is 1. The van der Waals surface area contributed by atoms with Crippen LogP contribution in [0.25, 0.3) is 16.4 Å². The van der Waals surface area contributed by atoms with Crippen molar-refractivity contribution in [2.75, 3.05) is 7.11 Å². The molecule has 1 fully saturated rings. The number of carbonyl (C=O) groups excluding carboxylic acids is 1. The second kappa shape index (κ2) is 7.71. The molecule has 3 aromatic rings. The molecule has 0 aliphatic heterocycles. The van der Waals surface area contributed by atoms with Gasteiger partial charge in [-0.2, -0.15) is 0 Å². The maximum atomic E-state index is 12.6. The normalized spacial score (nSPS) is 14.4. The molecule has 1 aliphatic rings. The highest BCUT2D eigenvalue weighted by Gasteiger charge is 2.23. The van der Waals surface area contributed by atoms with E-state index >= 15 is 0 Å². The average Bonchev–Trinajstić information content (AvgIpc) is 3.42. The van der Waals surface area contributed by atoms with E-state index < -0.39 is 0 Å². The van der Waals surface area contributed by atoms with Crippen LogP contribution >= 0.6 is 11.3 Å². The average molecular weight is 398 g/mol. The van der Waals surface area contributed by atoms with Gasteiger partial charge in [0.2, 0.25) is 0 Å². The van der Waals surface area contributed by atoms with Crippen molar-refractivity contribution in [1.82, 2.24) is 25.3 Å². The summed E-state index contributed by atoms with van der Waals surface area (Å²) < 4.78 is 6.97. The summed E-state index contributed by atoms with van der Waals surface area (Å²) in [4.78, 5) is 17.9. The minimum atomic E-state index is -0.0339. The molecule has 0 saturated heterocycles. The van der Waals surface area contributed by atoms with E-state index in [-0.39, 0.29) is 11.9 Å². The van der Waals surface area contributed by atoms with Crippen molar-refractivity contribution >= 4 is 17.2 Å². The summed E-state index contributed by atoms with van der Waals surface area (Å²) in [6.07, 6.45) is 4.49. The van der Waals surface area contributed by atoms with Crippen molar-refractivity contribution in [2.45, 2.75) is 45.6 Å². The van der Waals surface area contributed by atoms with E-state index in [4.69, 9.17) is 4.74 Å². The largest absolute Gasteiger partial charge is 0.497 e. The minimum absolute atomic E-state index is 0.0339. The number of nitrogens with one attached hydrogen (secondary N) is 1. The monoisotopic (exact) mass is 397 g/mol. The van der Waals surface area contributed by atoms with E-state index in [1.807, 2.05) is 38.1 Å². The Bertz CT molecular complexity index is 987. The molecule has 0 spiro atoms. The van der Waals surface area contributed by atoms with Crippen molar-refractivity contribution in [1.29, 1.82) is 0 Å². The zero-order valence-corrected chi connectivity index (χ0v) is 17.0. The smallest absolute Gasteiger partial charge is 0.263 e. The van der Waals surface area contributed by atoms with Gasteiger partial charge in [0.15, 0.2) is 0 Å². The lowest BCUT2D eigenvalue weighted by atomic mass is 10.2. The van der Waals surface area contributed by atoms with Gasteiger partial charge in [-0.1, -0.05) is 18.1 Å². The van der Waals surface area contributed by atoms with E-state index in [0.717, 1.165) is 35.7 Å². The third kappa shape index (κ3) is 3.52. The summed E-state index contributed by atoms with van der Waals surface area (Å²) in [5.74, 6) is 0.753. The Hall–Kier alpha value is -2.74. The van der Waals surface area contributed by atoms with Gasteiger partial charge >= 0.3 is 0 Å². The first-order chi connectivity index (χ1) is 13.6. The number of hydrogen-bond donors (Lipinski definition) is 1. The summed E-state index contributed by atoms with van der Waals surface area (Å²) >= 11 is 1.37. The lowest BCUT2D eigenvalue weighted by Gasteiger charge is -2.10. The van der Waals surface area contributed by atoms with Crippen molar-refractivity contribution in [3.8, 4) is 22.1 Å². The predicted molar refractivity (Wildman–Crippen MR) is 108 cm³/mol. The Morgan fingerprint density at radius 2 is 1.93 bits per heavy atom. The molecular formula is C20H23N5O2S. The van der Waals surface area contributed by atoms with Gasteiger partial charge in [-0.15, -0.1) is 16.4 Å². The van der Waals surface area contributed by atoms with Crippen LogP contribution in [0.2, 0.25) is 0 Å². The summed E-state index contributed by atoms with van der Waals surface area (Å²) in [5.41, 5.74) is 3.20. The summed E-state index contributed by atoms with van der Waals surface area (Å²) in [6.45, 7) is 3.82. The number of thiazole rings is 1. The Morgan fingerprint density at radius 3 is 2.61 bits per heavy atom. The molecule has 0 unspecified atom stereocenters. The first-order valence-electron chi connectivity index (χ1n) is 9.42. The molecule has 0 radical (unpaired) electrons. The van der Waals surface area contributed by atoms with Crippen LogP contribution in [0.1, 0.15) is 46.7 Å². The van der Waals surface area contributed by atoms with Crippen molar-refractivity contribution in [3.05, 3.63) is 40.5 Å². The predicted octanol–water partition coefficient (Wildman–Crippen LogP) is 3.69. The van der Waals surface area contributed by atoms with Gasteiger partial charge in [0, 0.05) is 6.04 Å². The maximum absolute atomic E-state index is 12.6. The summed E-state index contributed by atoms with van der Waals surface area (Å²) in [6, 6.07) is 7.91. The molecule has 1 aromatic carbocycles. The standard InChI is InChI=1S/C20H23N5O2S/c1-12-18(19(26)22-14-6-4-5-7-14)28-20(21-12)17-13(2)25(24-23-17)15-8-10-16(27-3)11-9-15/h8-11,14H,4-7H2,1-3H3,(H,22,26). The molecule has 2 heterocycles. The first-order valence-corrected chi connectivity index (χ1v) is 10.2. The van der Waals surface area contributed by atoms with Gasteiger partial charge in [0.25, 0.3) is 5.91 Å².